The van der Waals surface area contributed by atoms with Crippen molar-refractivity contribution in [3.63, 3.8) is 0 Å². The van der Waals surface area contributed by atoms with Crippen molar-refractivity contribution < 1.29 is 29.3 Å². The van der Waals surface area contributed by atoms with Crippen LogP contribution in [-0.2, 0) is 39.4 Å². The Kier molecular flexibility index (Phi) is 10.2. The molecule has 1 aromatic heterocycles. The van der Waals surface area contributed by atoms with E-state index in [1.165, 1.54) is 12.1 Å². The Morgan fingerprint density at radius 3 is 2.62 bits per heavy atom. The maximum atomic E-state index is 15.1. The van der Waals surface area contributed by atoms with Gasteiger partial charge in [0.25, 0.3) is 11.8 Å². The molecule has 2 aliphatic heterocycles. The molecular formula is C37H44ClN5O6Si. The van der Waals surface area contributed by atoms with E-state index >= 15 is 4.79 Å². The Labute approximate surface area is 298 Å². The number of anilines is 2. The van der Waals surface area contributed by atoms with E-state index < -0.39 is 25.7 Å². The second kappa shape index (κ2) is 14.3. The molecule has 1 fully saturated rings. The summed E-state index contributed by atoms with van der Waals surface area (Å²) >= 11 is 6.65. The number of hydrogen-bond acceptors (Lipinski definition) is 8. The molecule has 13 heteroatoms. The number of hydrogen-bond donors (Lipinski definition) is 3. The molecule has 0 aliphatic carbocycles. The zero-order valence-corrected chi connectivity index (χ0v) is 30.7. The van der Waals surface area contributed by atoms with E-state index in [0.717, 1.165) is 22.6 Å². The third-order valence-electron chi connectivity index (χ3n) is 10.3. The van der Waals surface area contributed by atoms with E-state index in [4.69, 9.17) is 21.1 Å². The molecule has 11 nitrogen and oxygen atoms in total. The van der Waals surface area contributed by atoms with Gasteiger partial charge < -0.3 is 29.9 Å². The summed E-state index contributed by atoms with van der Waals surface area (Å²) in [6, 6.07) is 21.0. The lowest BCUT2D eigenvalue weighted by Crippen LogP contribution is -2.51. The van der Waals surface area contributed by atoms with Crippen LogP contribution in [0.3, 0.4) is 0 Å². The van der Waals surface area contributed by atoms with Crippen LogP contribution in [0.5, 0.6) is 5.75 Å². The number of carbonyl (C=O) groups excluding carboxylic acids is 2. The number of aliphatic hydroxyl groups excluding tert-OH is 2. The number of aromatic nitrogens is 3. The lowest BCUT2D eigenvalue weighted by molar-refractivity contribution is -0.146. The van der Waals surface area contributed by atoms with Gasteiger partial charge in [-0.3, -0.25) is 14.3 Å². The zero-order chi connectivity index (χ0) is 35.8. The van der Waals surface area contributed by atoms with Gasteiger partial charge in [-0.15, -0.1) is 5.10 Å². The van der Waals surface area contributed by atoms with Crippen LogP contribution in [0.1, 0.15) is 37.1 Å². The Balaban J connectivity index is 1.39. The molecule has 5 atom stereocenters. The third-order valence-corrected chi connectivity index (χ3v) is 14.9. The highest BCUT2D eigenvalue weighted by molar-refractivity contribution is 6.91. The average Bonchev–Trinajstić information content (AvgIpc) is 3.74. The van der Waals surface area contributed by atoms with Crippen molar-refractivity contribution in [3.8, 4) is 5.75 Å². The SMILES string of the molecule is COc1ccc([Si](C)(C)[C@@H]2[C@@H](CCn3cc(CCO)nn3)O[C@]3(C(=O)N(Cc4cccc(NC(=O)[C@H](C)O)c4)c4ccc(Cl)cc43)[C@H]2C)cc1. The van der Waals surface area contributed by atoms with Crippen LogP contribution in [0.2, 0.25) is 23.7 Å². The number of benzene rings is 3. The highest BCUT2D eigenvalue weighted by Crippen LogP contribution is 2.60. The van der Waals surface area contributed by atoms with Gasteiger partial charge in [-0.25, -0.2) is 0 Å². The summed E-state index contributed by atoms with van der Waals surface area (Å²) in [4.78, 5) is 29.0. The van der Waals surface area contributed by atoms with Gasteiger partial charge in [-0.2, -0.15) is 0 Å². The van der Waals surface area contributed by atoms with E-state index in [9.17, 15) is 15.0 Å². The molecule has 3 N–H and O–H groups in total. The van der Waals surface area contributed by atoms with Gasteiger partial charge in [0.2, 0.25) is 0 Å². The molecule has 3 aromatic carbocycles. The second-order valence-corrected chi connectivity index (χ2v) is 18.9. The number of fused-ring (bicyclic) bond motifs is 2. The summed E-state index contributed by atoms with van der Waals surface area (Å²) in [6.07, 6.45) is 1.42. The molecule has 2 aliphatic rings. The highest BCUT2D eigenvalue weighted by Gasteiger charge is 2.66. The Bertz CT molecular complexity index is 1870. The number of aliphatic hydroxyl groups is 2. The van der Waals surface area contributed by atoms with E-state index in [1.807, 2.05) is 48.7 Å². The number of rotatable bonds is 12. The van der Waals surface area contributed by atoms with Crippen LogP contribution in [-0.4, -0.2) is 71.0 Å². The predicted molar refractivity (Wildman–Crippen MR) is 194 cm³/mol. The normalized spacial score (nSPS) is 22.2. The van der Waals surface area contributed by atoms with Crippen molar-refractivity contribution in [1.29, 1.82) is 0 Å². The van der Waals surface area contributed by atoms with Crippen molar-refractivity contribution in [2.24, 2.45) is 5.92 Å². The third kappa shape index (κ3) is 6.58. The lowest BCUT2D eigenvalue weighted by Gasteiger charge is -2.37. The van der Waals surface area contributed by atoms with E-state index in [0.29, 0.717) is 35.8 Å². The molecule has 0 radical (unpaired) electrons. The summed E-state index contributed by atoms with van der Waals surface area (Å²) in [5, 5.41) is 32.0. The summed E-state index contributed by atoms with van der Waals surface area (Å²) in [5.74, 6) is -0.100. The van der Waals surface area contributed by atoms with Crippen LogP contribution in [0.15, 0.2) is 72.9 Å². The molecule has 4 aromatic rings. The van der Waals surface area contributed by atoms with Crippen LogP contribution in [0.25, 0.3) is 0 Å². The van der Waals surface area contributed by atoms with E-state index in [-0.39, 0.29) is 36.6 Å². The Morgan fingerprint density at radius 1 is 1.16 bits per heavy atom. The maximum absolute atomic E-state index is 15.1. The predicted octanol–water partition coefficient (Wildman–Crippen LogP) is 4.65. The number of methoxy groups -OCH3 is 1. The van der Waals surface area contributed by atoms with Gasteiger partial charge in [0.05, 0.1) is 39.2 Å². The summed E-state index contributed by atoms with van der Waals surface area (Å²) in [5.41, 5.74) is 2.27. The van der Waals surface area contributed by atoms with Crippen LogP contribution >= 0.6 is 11.6 Å². The quantitative estimate of drug-likeness (QED) is 0.180. The number of amides is 2. The number of aryl methyl sites for hydroxylation is 1. The summed E-state index contributed by atoms with van der Waals surface area (Å²) in [7, 11) is -0.709. The summed E-state index contributed by atoms with van der Waals surface area (Å²) in [6.45, 7) is 8.98. The molecule has 0 saturated carbocycles. The number of nitrogens with zero attached hydrogens (tertiary/aromatic N) is 4. The molecule has 2 amide bonds. The fraction of sp³-hybridized carbons (Fsp3) is 0.405. The fourth-order valence-electron chi connectivity index (χ4n) is 7.83. The van der Waals surface area contributed by atoms with Gasteiger partial charge in [-0.1, -0.05) is 66.3 Å². The second-order valence-electron chi connectivity index (χ2n) is 13.8. The van der Waals surface area contributed by atoms with Crippen LogP contribution in [0.4, 0.5) is 11.4 Å². The minimum absolute atomic E-state index is 0.00440. The van der Waals surface area contributed by atoms with E-state index in [1.54, 1.807) is 28.8 Å². The molecule has 1 spiro atoms. The van der Waals surface area contributed by atoms with Crippen molar-refractivity contribution in [3.05, 3.63) is 94.8 Å². The number of carbonyl (C=O) groups is 2. The minimum atomic E-state index is -2.36. The maximum Gasteiger partial charge on any atom is 0.264 e. The van der Waals surface area contributed by atoms with Crippen molar-refractivity contribution in [2.45, 2.75) is 76.2 Å². The molecular weight excluding hydrogens is 674 g/mol. The lowest BCUT2D eigenvalue weighted by atomic mass is 9.82. The number of halogens is 1. The first kappa shape index (κ1) is 35.7. The van der Waals surface area contributed by atoms with Gasteiger partial charge in [0.15, 0.2) is 5.60 Å². The molecule has 0 bridgehead atoms. The van der Waals surface area contributed by atoms with Crippen molar-refractivity contribution in [2.75, 3.05) is 23.9 Å². The van der Waals surface area contributed by atoms with Crippen molar-refractivity contribution >= 4 is 48.1 Å². The smallest absolute Gasteiger partial charge is 0.264 e. The minimum Gasteiger partial charge on any atom is -0.497 e. The van der Waals surface area contributed by atoms with Gasteiger partial charge in [0, 0.05) is 48.0 Å². The van der Waals surface area contributed by atoms with Gasteiger partial charge in [0.1, 0.15) is 11.9 Å². The molecule has 0 unspecified atom stereocenters. The molecule has 264 valence electrons. The Morgan fingerprint density at radius 2 is 1.92 bits per heavy atom. The van der Waals surface area contributed by atoms with Crippen molar-refractivity contribution in [1.82, 2.24) is 15.0 Å². The average molecular weight is 718 g/mol. The number of nitrogens with one attached hydrogen (secondary N) is 1. The molecule has 6 rings (SSSR count). The van der Waals surface area contributed by atoms with E-state index in [2.05, 4.69) is 47.8 Å². The summed E-state index contributed by atoms with van der Waals surface area (Å²) < 4.78 is 14.4. The largest absolute Gasteiger partial charge is 0.497 e. The van der Waals surface area contributed by atoms with Gasteiger partial charge >= 0.3 is 0 Å². The van der Waals surface area contributed by atoms with Crippen LogP contribution < -0.4 is 20.1 Å². The number of ether oxygens (including phenoxy) is 2. The Hall–Kier alpha value is -4.07. The molecule has 3 heterocycles. The zero-order valence-electron chi connectivity index (χ0n) is 29.0. The fourth-order valence-corrected chi connectivity index (χ4v) is 12.1. The van der Waals surface area contributed by atoms with Gasteiger partial charge in [-0.05, 0) is 66.9 Å². The first-order valence-electron chi connectivity index (χ1n) is 16.9. The molecule has 1 saturated heterocycles. The van der Waals surface area contributed by atoms with Crippen LogP contribution in [0, 0.1) is 5.92 Å². The standard InChI is InChI=1S/C37H44ClN5O6Si/c1-23-34(50(4,5)30-12-10-29(48-3)11-13-30)33(15-17-42-22-28(16-18-44)40-41-42)49-37(23)31-20-26(38)9-14-32(31)43(36(37)47)21-25-7-6-8-27(19-25)39-35(46)24(2)45/h6-14,19-20,22-24,33-34,44-45H,15-18,21H2,1-5H3,(H,39,46)/t23-,24-,33+,34-,37+/m0/s1. The monoisotopic (exact) mass is 717 g/mol. The highest BCUT2D eigenvalue weighted by atomic mass is 35.5. The molecule has 50 heavy (non-hydrogen) atoms. The first-order chi connectivity index (χ1) is 23.9. The topological polar surface area (TPSA) is 139 Å². The first-order valence-corrected chi connectivity index (χ1v) is 20.4.